The fourth-order valence-corrected chi connectivity index (χ4v) is 5.03. The van der Waals surface area contributed by atoms with Gasteiger partial charge >= 0.3 is 0 Å². The molecule has 1 fully saturated rings. The maximum atomic E-state index is 12.8. The summed E-state index contributed by atoms with van der Waals surface area (Å²) >= 11 is 1.52. The molecule has 1 saturated heterocycles. The summed E-state index contributed by atoms with van der Waals surface area (Å²) in [5, 5.41) is 3.07. The Balaban J connectivity index is 1.44. The van der Waals surface area contributed by atoms with E-state index in [1.165, 1.54) is 24.6 Å². The number of amides is 2. The SMILES string of the molecule is COc1cccc([C@H](CNC(=O)CN2C(=O)CSc3ccccc32)N2CCCC2)c1. The smallest absolute Gasteiger partial charge is 0.240 e. The predicted molar refractivity (Wildman–Crippen MR) is 119 cm³/mol. The summed E-state index contributed by atoms with van der Waals surface area (Å²) in [6, 6.07) is 15.9. The molecule has 2 aliphatic rings. The van der Waals surface area contributed by atoms with Gasteiger partial charge in [-0.15, -0.1) is 11.8 Å². The maximum Gasteiger partial charge on any atom is 0.240 e. The first-order valence-electron chi connectivity index (χ1n) is 10.3. The number of carbonyl (C=O) groups is 2. The number of para-hydroxylation sites is 1. The molecule has 0 radical (unpaired) electrons. The highest BCUT2D eigenvalue weighted by atomic mass is 32.2. The highest BCUT2D eigenvalue weighted by Crippen LogP contribution is 2.34. The number of nitrogens with zero attached hydrogens (tertiary/aromatic N) is 2. The van der Waals surface area contributed by atoms with E-state index < -0.39 is 0 Å². The minimum atomic E-state index is -0.142. The minimum absolute atomic E-state index is 0.0299. The van der Waals surface area contributed by atoms with Crippen molar-refractivity contribution < 1.29 is 14.3 Å². The number of nitrogens with one attached hydrogen (secondary N) is 1. The van der Waals surface area contributed by atoms with Crippen LogP contribution >= 0.6 is 11.8 Å². The number of fused-ring (bicyclic) bond motifs is 1. The molecular formula is C23H27N3O3S. The summed E-state index contributed by atoms with van der Waals surface area (Å²) in [5.41, 5.74) is 1.95. The number of hydrogen-bond acceptors (Lipinski definition) is 5. The van der Waals surface area contributed by atoms with Crippen LogP contribution in [0.4, 0.5) is 5.69 Å². The molecule has 0 bridgehead atoms. The van der Waals surface area contributed by atoms with Crippen LogP contribution in [0.2, 0.25) is 0 Å². The summed E-state index contributed by atoms with van der Waals surface area (Å²) in [6.07, 6.45) is 2.34. The van der Waals surface area contributed by atoms with E-state index in [1.54, 1.807) is 12.0 Å². The van der Waals surface area contributed by atoms with Gasteiger partial charge in [-0.2, -0.15) is 0 Å². The van der Waals surface area contributed by atoms with Gasteiger partial charge in [-0.3, -0.25) is 14.5 Å². The fourth-order valence-electron chi connectivity index (χ4n) is 4.10. The molecule has 2 amide bonds. The standard InChI is InChI=1S/C23H27N3O3S/c1-29-18-8-6-7-17(13-18)20(25-11-4-5-12-25)14-24-22(27)15-26-19-9-2-3-10-21(19)30-16-23(26)28/h2-3,6-10,13,20H,4-5,11-12,14-16H2,1H3,(H,24,27)/t20-/m0/s1. The molecule has 2 aromatic carbocycles. The van der Waals surface area contributed by atoms with Crippen LogP contribution in [-0.4, -0.2) is 55.8 Å². The molecule has 0 saturated carbocycles. The van der Waals surface area contributed by atoms with E-state index in [2.05, 4.69) is 16.3 Å². The van der Waals surface area contributed by atoms with E-state index in [9.17, 15) is 9.59 Å². The largest absolute Gasteiger partial charge is 0.497 e. The Kier molecular flexibility index (Phi) is 6.59. The lowest BCUT2D eigenvalue weighted by Gasteiger charge is -2.30. The molecule has 0 spiro atoms. The zero-order chi connectivity index (χ0) is 20.9. The molecule has 158 valence electrons. The molecule has 2 heterocycles. The number of likely N-dealkylation sites (tertiary alicyclic amines) is 1. The Hall–Kier alpha value is -2.51. The Morgan fingerprint density at radius 3 is 2.77 bits per heavy atom. The molecule has 2 aromatic rings. The number of carbonyl (C=O) groups excluding carboxylic acids is 2. The highest BCUT2D eigenvalue weighted by molar-refractivity contribution is 8.00. The number of hydrogen-bond donors (Lipinski definition) is 1. The van der Waals surface area contributed by atoms with Gasteiger partial charge in [0.2, 0.25) is 11.8 Å². The van der Waals surface area contributed by atoms with Crippen molar-refractivity contribution in [3.8, 4) is 5.75 Å². The van der Waals surface area contributed by atoms with Crippen LogP contribution in [0.15, 0.2) is 53.4 Å². The lowest BCUT2D eigenvalue weighted by atomic mass is 10.0. The minimum Gasteiger partial charge on any atom is -0.497 e. The zero-order valence-corrected chi connectivity index (χ0v) is 18.0. The predicted octanol–water partition coefficient (Wildman–Crippen LogP) is 3.09. The molecule has 6 nitrogen and oxygen atoms in total. The highest BCUT2D eigenvalue weighted by Gasteiger charge is 2.28. The van der Waals surface area contributed by atoms with Gasteiger partial charge in [0.05, 0.1) is 24.6 Å². The molecule has 0 aromatic heterocycles. The summed E-state index contributed by atoms with van der Waals surface area (Å²) < 4.78 is 5.39. The van der Waals surface area contributed by atoms with Crippen LogP contribution in [0, 0.1) is 0 Å². The molecule has 2 aliphatic heterocycles. The van der Waals surface area contributed by atoms with Crippen molar-refractivity contribution in [1.82, 2.24) is 10.2 Å². The lowest BCUT2D eigenvalue weighted by Crippen LogP contribution is -2.45. The van der Waals surface area contributed by atoms with Crippen LogP contribution < -0.4 is 15.0 Å². The number of rotatable bonds is 7. The zero-order valence-electron chi connectivity index (χ0n) is 17.2. The van der Waals surface area contributed by atoms with E-state index in [0.29, 0.717) is 12.3 Å². The van der Waals surface area contributed by atoms with Crippen molar-refractivity contribution in [1.29, 1.82) is 0 Å². The van der Waals surface area contributed by atoms with Gasteiger partial charge in [-0.05, 0) is 55.8 Å². The van der Waals surface area contributed by atoms with Crippen LogP contribution in [-0.2, 0) is 9.59 Å². The van der Waals surface area contributed by atoms with Crippen molar-refractivity contribution in [2.24, 2.45) is 0 Å². The van der Waals surface area contributed by atoms with E-state index >= 15 is 0 Å². The molecule has 30 heavy (non-hydrogen) atoms. The van der Waals surface area contributed by atoms with Gasteiger partial charge in [0.25, 0.3) is 0 Å². The number of methoxy groups -OCH3 is 1. The molecule has 0 aliphatic carbocycles. The van der Waals surface area contributed by atoms with E-state index in [0.717, 1.165) is 35.0 Å². The Morgan fingerprint density at radius 1 is 1.17 bits per heavy atom. The average Bonchev–Trinajstić information content (AvgIpc) is 3.30. The van der Waals surface area contributed by atoms with Gasteiger partial charge in [0, 0.05) is 11.4 Å². The third kappa shape index (κ3) is 4.63. The van der Waals surface area contributed by atoms with E-state index in [-0.39, 0.29) is 24.4 Å². The molecule has 0 unspecified atom stereocenters. The monoisotopic (exact) mass is 425 g/mol. The van der Waals surface area contributed by atoms with Gasteiger partial charge < -0.3 is 15.0 Å². The third-order valence-corrected chi connectivity index (χ3v) is 6.71. The normalized spacial score (nSPS) is 17.5. The second-order valence-electron chi connectivity index (χ2n) is 7.58. The Labute approximate surface area is 181 Å². The first-order chi connectivity index (χ1) is 14.7. The van der Waals surface area contributed by atoms with Crippen molar-refractivity contribution in [3.63, 3.8) is 0 Å². The molecule has 4 rings (SSSR count). The topological polar surface area (TPSA) is 61.9 Å². The first-order valence-corrected chi connectivity index (χ1v) is 11.3. The van der Waals surface area contributed by atoms with E-state index in [1.807, 2.05) is 42.5 Å². The van der Waals surface area contributed by atoms with Gasteiger partial charge in [0.15, 0.2) is 0 Å². The average molecular weight is 426 g/mol. The summed E-state index contributed by atoms with van der Waals surface area (Å²) in [7, 11) is 1.66. The van der Waals surface area contributed by atoms with Crippen LogP contribution in [0.3, 0.4) is 0 Å². The molecule has 1 N–H and O–H groups in total. The Morgan fingerprint density at radius 2 is 1.97 bits per heavy atom. The lowest BCUT2D eigenvalue weighted by molar-refractivity contribution is -0.123. The van der Waals surface area contributed by atoms with Gasteiger partial charge in [-0.25, -0.2) is 0 Å². The van der Waals surface area contributed by atoms with Crippen LogP contribution in [0.25, 0.3) is 0 Å². The molecule has 7 heteroatoms. The van der Waals surface area contributed by atoms with Crippen molar-refractivity contribution in [2.75, 3.05) is 43.9 Å². The Bertz CT molecular complexity index is 914. The molecular weight excluding hydrogens is 398 g/mol. The quantitative estimate of drug-likeness (QED) is 0.739. The third-order valence-electron chi connectivity index (χ3n) is 5.66. The summed E-state index contributed by atoms with van der Waals surface area (Å²) in [6.45, 7) is 2.59. The number of ether oxygens (including phenoxy) is 1. The van der Waals surface area contributed by atoms with Crippen LogP contribution in [0.1, 0.15) is 24.4 Å². The second-order valence-corrected chi connectivity index (χ2v) is 8.59. The number of anilines is 1. The second kappa shape index (κ2) is 9.53. The van der Waals surface area contributed by atoms with Crippen molar-refractivity contribution >= 4 is 29.3 Å². The van der Waals surface area contributed by atoms with E-state index in [4.69, 9.17) is 4.74 Å². The maximum absolute atomic E-state index is 12.8. The van der Waals surface area contributed by atoms with Gasteiger partial charge in [0.1, 0.15) is 12.3 Å². The van der Waals surface area contributed by atoms with Crippen molar-refractivity contribution in [2.45, 2.75) is 23.8 Å². The van der Waals surface area contributed by atoms with Gasteiger partial charge in [-0.1, -0.05) is 24.3 Å². The summed E-state index contributed by atoms with van der Waals surface area (Å²) in [4.78, 5) is 30.3. The number of thioether (sulfide) groups is 1. The summed E-state index contributed by atoms with van der Waals surface area (Å²) in [5.74, 6) is 1.01. The fraction of sp³-hybridized carbons (Fsp3) is 0.391. The molecule has 1 atom stereocenters. The first kappa shape index (κ1) is 20.8. The van der Waals surface area contributed by atoms with Crippen LogP contribution in [0.5, 0.6) is 5.75 Å². The number of benzene rings is 2. The van der Waals surface area contributed by atoms with Crippen molar-refractivity contribution in [3.05, 3.63) is 54.1 Å².